The zero-order valence-electron chi connectivity index (χ0n) is 14.4. The number of benzene rings is 2. The predicted octanol–water partition coefficient (Wildman–Crippen LogP) is 2.45. The fourth-order valence-electron chi connectivity index (χ4n) is 2.81. The summed E-state index contributed by atoms with van der Waals surface area (Å²) in [6.45, 7) is 0.200. The normalized spacial score (nSPS) is 10.9. The van der Waals surface area contributed by atoms with E-state index in [0.717, 1.165) is 11.1 Å². The second-order valence-corrected chi connectivity index (χ2v) is 5.89. The molecule has 0 unspecified atom stereocenters. The third-order valence-electron chi connectivity index (χ3n) is 4.04. The van der Waals surface area contributed by atoms with E-state index in [1.807, 2.05) is 60.7 Å². The van der Waals surface area contributed by atoms with Gasteiger partial charge in [-0.2, -0.15) is 4.98 Å². The number of nitrogens with one attached hydrogen (secondary N) is 2. The third-order valence-corrected chi connectivity index (χ3v) is 4.04. The van der Waals surface area contributed by atoms with Gasteiger partial charge in [0.1, 0.15) is 0 Å². The summed E-state index contributed by atoms with van der Waals surface area (Å²) in [5, 5.41) is 11.8. The highest BCUT2D eigenvalue weighted by Crippen LogP contribution is 2.29. The molecule has 2 heterocycles. The lowest BCUT2D eigenvalue weighted by Gasteiger charge is -2.10. The molecule has 0 fully saturated rings. The number of H-pyrrole nitrogens is 1. The number of rotatable bonds is 5. The van der Waals surface area contributed by atoms with Crippen molar-refractivity contribution in [2.45, 2.75) is 0 Å². The Bertz CT molecular complexity index is 1130. The van der Waals surface area contributed by atoms with Crippen molar-refractivity contribution in [3.05, 3.63) is 71.0 Å². The SMILES string of the molecule is O=c1[nH]c(NCCO)nc2nc(-c3ccccc3)c(-c3ccccc3)nc12. The number of anilines is 1. The van der Waals surface area contributed by atoms with Gasteiger partial charge in [0.2, 0.25) is 5.95 Å². The van der Waals surface area contributed by atoms with Crippen LogP contribution in [-0.2, 0) is 0 Å². The molecule has 0 bridgehead atoms. The molecular formula is C20H17N5O2. The first kappa shape index (κ1) is 16.9. The van der Waals surface area contributed by atoms with Gasteiger partial charge in [0.05, 0.1) is 18.0 Å². The van der Waals surface area contributed by atoms with E-state index in [1.54, 1.807) is 0 Å². The Morgan fingerprint density at radius 1 is 0.852 bits per heavy atom. The average Bonchev–Trinajstić information content (AvgIpc) is 2.73. The molecule has 0 aliphatic carbocycles. The maximum atomic E-state index is 12.5. The maximum absolute atomic E-state index is 12.5. The van der Waals surface area contributed by atoms with Crippen LogP contribution in [0.25, 0.3) is 33.7 Å². The van der Waals surface area contributed by atoms with Gasteiger partial charge >= 0.3 is 0 Å². The number of aromatic amines is 1. The van der Waals surface area contributed by atoms with Crippen LogP contribution in [0.1, 0.15) is 0 Å². The second-order valence-electron chi connectivity index (χ2n) is 5.89. The fraction of sp³-hybridized carbons (Fsp3) is 0.100. The van der Waals surface area contributed by atoms with Crippen LogP contribution in [0.2, 0.25) is 0 Å². The molecule has 7 nitrogen and oxygen atoms in total. The first-order valence-electron chi connectivity index (χ1n) is 8.54. The Kier molecular flexibility index (Phi) is 4.59. The monoisotopic (exact) mass is 359 g/mol. The Hall–Kier alpha value is -3.58. The number of aromatic nitrogens is 4. The van der Waals surface area contributed by atoms with Crippen molar-refractivity contribution in [3.8, 4) is 22.5 Å². The molecule has 134 valence electrons. The second kappa shape index (κ2) is 7.35. The van der Waals surface area contributed by atoms with Gasteiger partial charge in [-0.05, 0) is 0 Å². The number of nitrogens with zero attached hydrogens (tertiary/aromatic N) is 3. The van der Waals surface area contributed by atoms with Crippen molar-refractivity contribution >= 4 is 17.1 Å². The van der Waals surface area contributed by atoms with Crippen molar-refractivity contribution in [1.29, 1.82) is 0 Å². The highest BCUT2D eigenvalue weighted by Gasteiger charge is 2.16. The molecule has 4 rings (SSSR count). The summed E-state index contributed by atoms with van der Waals surface area (Å²) < 4.78 is 0. The van der Waals surface area contributed by atoms with Gasteiger partial charge in [-0.15, -0.1) is 0 Å². The van der Waals surface area contributed by atoms with E-state index < -0.39 is 0 Å². The van der Waals surface area contributed by atoms with Gasteiger partial charge < -0.3 is 10.4 Å². The quantitative estimate of drug-likeness (QED) is 0.506. The van der Waals surface area contributed by atoms with E-state index in [-0.39, 0.29) is 35.8 Å². The van der Waals surface area contributed by atoms with Gasteiger partial charge in [-0.25, -0.2) is 9.97 Å². The Balaban J connectivity index is 1.98. The summed E-state index contributed by atoms with van der Waals surface area (Å²) in [6.07, 6.45) is 0. The standard InChI is InChI=1S/C20H17N5O2/c26-12-11-21-20-24-18-17(19(27)25-20)22-15(13-7-3-1-4-8-13)16(23-18)14-9-5-2-6-10-14/h1-10,26H,11-12H2,(H2,21,23,24,25,27). The topological polar surface area (TPSA) is 104 Å². The minimum Gasteiger partial charge on any atom is -0.395 e. The molecule has 0 aliphatic heterocycles. The molecule has 7 heteroatoms. The number of aliphatic hydroxyl groups excluding tert-OH is 1. The molecule has 27 heavy (non-hydrogen) atoms. The first-order valence-corrected chi connectivity index (χ1v) is 8.54. The molecule has 0 amide bonds. The molecule has 4 aromatic rings. The van der Waals surface area contributed by atoms with Crippen LogP contribution in [0.15, 0.2) is 65.5 Å². The van der Waals surface area contributed by atoms with Gasteiger partial charge in [-0.1, -0.05) is 60.7 Å². The van der Waals surface area contributed by atoms with Crippen LogP contribution in [0.4, 0.5) is 5.95 Å². The Morgan fingerprint density at radius 3 is 2.04 bits per heavy atom. The van der Waals surface area contributed by atoms with E-state index >= 15 is 0 Å². The van der Waals surface area contributed by atoms with Crippen LogP contribution >= 0.6 is 0 Å². The van der Waals surface area contributed by atoms with Crippen molar-refractivity contribution < 1.29 is 5.11 Å². The molecule has 2 aromatic carbocycles. The van der Waals surface area contributed by atoms with Gasteiger partial charge in [0.25, 0.3) is 5.56 Å². The highest BCUT2D eigenvalue weighted by molar-refractivity contribution is 5.84. The molecule has 3 N–H and O–H groups in total. The molecular weight excluding hydrogens is 342 g/mol. The third kappa shape index (κ3) is 3.40. The number of hydrogen-bond donors (Lipinski definition) is 3. The molecule has 0 atom stereocenters. The minimum absolute atomic E-state index is 0.0738. The van der Waals surface area contributed by atoms with Crippen molar-refractivity contribution in [3.63, 3.8) is 0 Å². The Labute approximate surface area is 154 Å². The zero-order chi connectivity index (χ0) is 18.6. The average molecular weight is 359 g/mol. The summed E-state index contributed by atoms with van der Waals surface area (Å²) in [5.41, 5.74) is 3.06. The molecule has 0 saturated heterocycles. The number of aliphatic hydroxyl groups is 1. The summed E-state index contributed by atoms with van der Waals surface area (Å²) in [6, 6.07) is 19.3. The fourth-order valence-corrected chi connectivity index (χ4v) is 2.81. The molecule has 0 saturated carbocycles. The number of fused-ring (bicyclic) bond motifs is 1. The maximum Gasteiger partial charge on any atom is 0.280 e. The van der Waals surface area contributed by atoms with E-state index in [9.17, 15) is 4.79 Å². The summed E-state index contributed by atoms with van der Waals surface area (Å²) in [4.78, 5) is 28.7. The van der Waals surface area contributed by atoms with E-state index in [2.05, 4.69) is 25.3 Å². The van der Waals surface area contributed by atoms with Gasteiger partial charge in [0, 0.05) is 17.7 Å². The minimum atomic E-state index is -0.385. The van der Waals surface area contributed by atoms with Crippen molar-refractivity contribution in [2.24, 2.45) is 0 Å². The van der Waals surface area contributed by atoms with Crippen LogP contribution < -0.4 is 10.9 Å². The first-order chi connectivity index (χ1) is 13.3. The molecule has 0 spiro atoms. The van der Waals surface area contributed by atoms with E-state index in [4.69, 9.17) is 5.11 Å². The molecule has 0 aliphatic rings. The highest BCUT2D eigenvalue weighted by atomic mass is 16.3. The Morgan fingerprint density at radius 2 is 1.44 bits per heavy atom. The van der Waals surface area contributed by atoms with Crippen LogP contribution in [0.5, 0.6) is 0 Å². The van der Waals surface area contributed by atoms with Crippen molar-refractivity contribution in [1.82, 2.24) is 19.9 Å². The lowest BCUT2D eigenvalue weighted by Crippen LogP contribution is -2.17. The lowest BCUT2D eigenvalue weighted by molar-refractivity contribution is 0.311. The van der Waals surface area contributed by atoms with E-state index in [1.165, 1.54) is 0 Å². The van der Waals surface area contributed by atoms with Crippen LogP contribution in [-0.4, -0.2) is 38.2 Å². The van der Waals surface area contributed by atoms with Gasteiger partial charge in [-0.3, -0.25) is 9.78 Å². The van der Waals surface area contributed by atoms with Crippen LogP contribution in [0, 0.1) is 0 Å². The lowest BCUT2D eigenvalue weighted by atomic mass is 10.0. The van der Waals surface area contributed by atoms with Gasteiger partial charge in [0.15, 0.2) is 11.2 Å². The molecule has 2 aromatic heterocycles. The molecule has 0 radical (unpaired) electrons. The zero-order valence-corrected chi connectivity index (χ0v) is 14.4. The summed E-state index contributed by atoms with van der Waals surface area (Å²) in [7, 11) is 0. The smallest absolute Gasteiger partial charge is 0.280 e. The van der Waals surface area contributed by atoms with Crippen molar-refractivity contribution in [2.75, 3.05) is 18.5 Å². The summed E-state index contributed by atoms with van der Waals surface area (Å²) in [5.74, 6) is 0.252. The van der Waals surface area contributed by atoms with Crippen LogP contribution in [0.3, 0.4) is 0 Å². The number of hydrogen-bond acceptors (Lipinski definition) is 6. The van der Waals surface area contributed by atoms with E-state index in [0.29, 0.717) is 11.4 Å². The predicted molar refractivity (Wildman–Crippen MR) is 104 cm³/mol. The summed E-state index contributed by atoms with van der Waals surface area (Å²) >= 11 is 0. The largest absolute Gasteiger partial charge is 0.395 e.